The zero-order valence-corrected chi connectivity index (χ0v) is 13.0. The summed E-state index contributed by atoms with van der Waals surface area (Å²) in [7, 11) is 0. The van der Waals surface area contributed by atoms with Crippen molar-refractivity contribution in [2.45, 2.75) is 31.0 Å². The first-order valence-corrected chi connectivity index (χ1v) is 7.16. The summed E-state index contributed by atoms with van der Waals surface area (Å²) in [6, 6.07) is 0. The van der Waals surface area contributed by atoms with Gasteiger partial charge in [0, 0.05) is 0 Å². The van der Waals surface area contributed by atoms with Crippen LogP contribution in [0.3, 0.4) is 0 Å². The molecule has 0 bridgehead atoms. The maximum Gasteiger partial charge on any atom is 0.183 e. The first kappa shape index (κ1) is 15.5. The number of ether oxygens (including phenoxy) is 1. The molecule has 1 saturated heterocycles. The fourth-order valence-corrected chi connectivity index (χ4v) is 3.06. The average Bonchev–Trinajstić information content (AvgIpc) is 2.95. The third-order valence-electron chi connectivity index (χ3n) is 3.71. The van der Waals surface area contributed by atoms with Gasteiger partial charge in [-0.05, 0) is 22.9 Å². The summed E-state index contributed by atoms with van der Waals surface area (Å²) < 4.78 is 7.09. The van der Waals surface area contributed by atoms with Crippen LogP contribution in [0.15, 0.2) is 10.9 Å². The fraction of sp³-hybridized carbons (Fsp3) is 0.545. The zero-order chi connectivity index (χ0) is 16.1. The van der Waals surface area contributed by atoms with Gasteiger partial charge in [0.2, 0.25) is 0 Å². The van der Waals surface area contributed by atoms with Gasteiger partial charge in [0.05, 0.1) is 12.0 Å². The summed E-state index contributed by atoms with van der Waals surface area (Å²) in [5.41, 5.74) is 0.519. The lowest BCUT2D eigenvalue weighted by Gasteiger charge is -2.26. The number of halogens is 1. The molecular weight excluding hydrogens is 362 g/mol. The van der Waals surface area contributed by atoms with Gasteiger partial charge in [0.1, 0.15) is 28.7 Å². The highest BCUT2D eigenvalue weighted by Crippen LogP contribution is 2.40. The van der Waals surface area contributed by atoms with Gasteiger partial charge in [-0.25, -0.2) is 14.6 Å². The summed E-state index contributed by atoms with van der Waals surface area (Å²) in [6.45, 7) is 0.929. The van der Waals surface area contributed by atoms with E-state index in [0.29, 0.717) is 9.99 Å². The molecule has 22 heavy (non-hydrogen) atoms. The molecular formula is C11H14BrN5O5. The Kier molecular flexibility index (Phi) is 3.79. The molecule has 2 aromatic rings. The number of hydrogen-bond donors (Lipinski definition) is 5. The van der Waals surface area contributed by atoms with E-state index in [1.165, 1.54) is 17.9 Å². The molecule has 10 nitrogen and oxygen atoms in total. The largest absolute Gasteiger partial charge is 0.394 e. The highest BCUT2D eigenvalue weighted by Gasteiger charge is 2.53. The number of aliphatic hydroxyl groups excluding tert-OH is 2. The Morgan fingerprint density at radius 1 is 1.50 bits per heavy atom. The first-order chi connectivity index (χ1) is 10.4. The summed E-state index contributed by atoms with van der Waals surface area (Å²) in [5, 5.41) is 43.5. The van der Waals surface area contributed by atoms with Crippen LogP contribution in [0.1, 0.15) is 13.2 Å². The van der Waals surface area contributed by atoms with Crippen molar-refractivity contribution in [2.24, 2.45) is 0 Å². The summed E-state index contributed by atoms with van der Waals surface area (Å²) in [4.78, 5) is 7.93. The highest BCUT2D eigenvalue weighted by molar-refractivity contribution is 9.10. The lowest BCUT2D eigenvalue weighted by atomic mass is 9.97. The van der Waals surface area contributed by atoms with Gasteiger partial charge >= 0.3 is 0 Å². The second kappa shape index (κ2) is 5.37. The molecule has 3 heterocycles. The Morgan fingerprint density at radius 2 is 2.23 bits per heavy atom. The van der Waals surface area contributed by atoms with Crippen LogP contribution in [0.4, 0.5) is 5.82 Å². The number of fused-ring (bicyclic) bond motifs is 1. The molecule has 3 rings (SSSR count). The van der Waals surface area contributed by atoms with E-state index in [1.807, 2.05) is 5.48 Å². The quantitative estimate of drug-likeness (QED) is 0.443. The Hall–Kier alpha value is -1.37. The molecule has 1 fully saturated rings. The first-order valence-electron chi connectivity index (χ1n) is 6.37. The van der Waals surface area contributed by atoms with E-state index >= 15 is 0 Å². The topological polar surface area (TPSA) is 146 Å². The van der Waals surface area contributed by atoms with Crippen molar-refractivity contribution in [2.75, 3.05) is 12.1 Å². The Morgan fingerprint density at radius 3 is 2.82 bits per heavy atom. The Balaban J connectivity index is 2.15. The van der Waals surface area contributed by atoms with Crippen molar-refractivity contribution in [3.05, 3.63) is 10.9 Å². The minimum atomic E-state index is -1.69. The minimum Gasteiger partial charge on any atom is -0.394 e. The molecule has 11 heteroatoms. The summed E-state index contributed by atoms with van der Waals surface area (Å²) in [5.74, 6) is 0.125. The van der Waals surface area contributed by atoms with Crippen LogP contribution in [-0.2, 0) is 4.74 Å². The van der Waals surface area contributed by atoms with E-state index in [2.05, 4.69) is 31.0 Å². The number of aromatic nitrogens is 4. The number of aliphatic hydroxyl groups is 3. The molecule has 0 saturated carbocycles. The maximum atomic E-state index is 10.5. The molecule has 0 spiro atoms. The second-order valence-electron chi connectivity index (χ2n) is 5.15. The van der Waals surface area contributed by atoms with Gasteiger partial charge in [-0.3, -0.25) is 10.7 Å². The van der Waals surface area contributed by atoms with Crippen LogP contribution in [-0.4, -0.2) is 64.7 Å². The van der Waals surface area contributed by atoms with Crippen molar-refractivity contribution < 1.29 is 25.3 Å². The van der Waals surface area contributed by atoms with Crippen LogP contribution in [0.25, 0.3) is 11.0 Å². The average molecular weight is 376 g/mol. The summed E-state index contributed by atoms with van der Waals surface area (Å²) in [6.07, 6.45) is -2.11. The van der Waals surface area contributed by atoms with Crippen LogP contribution in [0.5, 0.6) is 0 Å². The third kappa shape index (κ3) is 2.09. The summed E-state index contributed by atoms with van der Waals surface area (Å²) >= 11 is 3.23. The lowest BCUT2D eigenvalue weighted by Crippen LogP contribution is -2.44. The lowest BCUT2D eigenvalue weighted by molar-refractivity contribution is -0.100. The molecule has 1 unspecified atom stereocenters. The Bertz CT molecular complexity index is 707. The molecule has 0 radical (unpaired) electrons. The van der Waals surface area contributed by atoms with Gasteiger partial charge in [-0.15, -0.1) is 0 Å². The molecule has 4 atom stereocenters. The monoisotopic (exact) mass is 375 g/mol. The minimum absolute atomic E-state index is 0.125. The van der Waals surface area contributed by atoms with Gasteiger partial charge in [-0.2, -0.15) is 5.10 Å². The second-order valence-corrected chi connectivity index (χ2v) is 5.90. The van der Waals surface area contributed by atoms with Crippen molar-refractivity contribution in [1.29, 1.82) is 0 Å². The number of anilines is 1. The number of nitrogens with one attached hydrogen (secondary N) is 1. The van der Waals surface area contributed by atoms with E-state index in [1.54, 1.807) is 0 Å². The standard InChI is InChI=1S/C11H14BrN5O5/c1-11(20)6(19)4(2-18)22-10(11)17-9-5(7(12)15-17)8(16-21)13-3-14-9/h3-4,6,10,18-21H,2H2,1H3,(H,13,14,16)/t4-,6-,10?,11-/m1/s1. The van der Waals surface area contributed by atoms with E-state index in [9.17, 15) is 15.3 Å². The Labute approximate surface area is 132 Å². The molecule has 0 amide bonds. The fourth-order valence-electron chi connectivity index (χ4n) is 2.53. The molecule has 0 aliphatic carbocycles. The van der Waals surface area contributed by atoms with E-state index in [4.69, 9.17) is 9.94 Å². The molecule has 0 aromatic carbocycles. The predicted molar refractivity (Wildman–Crippen MR) is 76.1 cm³/mol. The molecule has 120 valence electrons. The highest BCUT2D eigenvalue weighted by atomic mass is 79.9. The maximum absolute atomic E-state index is 10.5. The number of nitrogens with zero attached hydrogens (tertiary/aromatic N) is 4. The smallest absolute Gasteiger partial charge is 0.183 e. The van der Waals surface area contributed by atoms with E-state index in [0.717, 1.165) is 0 Å². The number of rotatable bonds is 3. The normalized spacial score (nSPS) is 31.8. The van der Waals surface area contributed by atoms with E-state index < -0.39 is 30.6 Å². The SMILES string of the molecule is C[C@]1(O)C(n2nc(Br)c3c(NO)ncnc32)O[C@H](CO)[C@H]1O. The number of hydrogen-bond acceptors (Lipinski definition) is 9. The van der Waals surface area contributed by atoms with Gasteiger partial charge in [0.25, 0.3) is 0 Å². The van der Waals surface area contributed by atoms with Crippen molar-refractivity contribution in [1.82, 2.24) is 19.7 Å². The van der Waals surface area contributed by atoms with Crippen molar-refractivity contribution in [3.63, 3.8) is 0 Å². The molecule has 1 aliphatic rings. The van der Waals surface area contributed by atoms with Gasteiger partial charge in [-0.1, -0.05) is 0 Å². The van der Waals surface area contributed by atoms with Crippen LogP contribution in [0.2, 0.25) is 0 Å². The van der Waals surface area contributed by atoms with Crippen molar-refractivity contribution in [3.8, 4) is 0 Å². The predicted octanol–water partition coefficient (Wildman–Crippen LogP) is -0.609. The van der Waals surface area contributed by atoms with Gasteiger partial charge < -0.3 is 20.1 Å². The third-order valence-corrected chi connectivity index (χ3v) is 4.26. The molecule has 1 aliphatic heterocycles. The molecule has 5 N–H and O–H groups in total. The van der Waals surface area contributed by atoms with Crippen LogP contribution >= 0.6 is 15.9 Å². The van der Waals surface area contributed by atoms with Crippen molar-refractivity contribution >= 4 is 32.8 Å². The van der Waals surface area contributed by atoms with E-state index in [-0.39, 0.29) is 11.5 Å². The van der Waals surface area contributed by atoms with Crippen LogP contribution in [0, 0.1) is 0 Å². The van der Waals surface area contributed by atoms with Gasteiger partial charge in [0.15, 0.2) is 17.7 Å². The van der Waals surface area contributed by atoms with Crippen LogP contribution < -0.4 is 5.48 Å². The zero-order valence-electron chi connectivity index (χ0n) is 11.4. The molecule has 2 aromatic heterocycles.